The molecule has 0 aliphatic heterocycles. The van der Waals surface area contributed by atoms with E-state index >= 15 is 0 Å². The van der Waals surface area contributed by atoms with Crippen molar-refractivity contribution >= 4 is 45.9 Å². The Morgan fingerprint density at radius 3 is 2.58 bits per heavy atom. The lowest BCUT2D eigenvalue weighted by Gasteiger charge is -2.29. The van der Waals surface area contributed by atoms with Gasteiger partial charge in [-0.3, -0.25) is 0 Å². The fourth-order valence-electron chi connectivity index (χ4n) is 4.45. The Morgan fingerprint density at radius 1 is 1.03 bits per heavy atom. The zero-order chi connectivity index (χ0) is 21.8. The van der Waals surface area contributed by atoms with E-state index in [9.17, 15) is 0 Å². The first kappa shape index (κ1) is 22.4. The Morgan fingerprint density at radius 2 is 1.81 bits per heavy atom. The second-order valence-corrected chi connectivity index (χ2v) is 9.74. The molecule has 0 spiro atoms. The van der Waals surface area contributed by atoms with E-state index in [0.717, 1.165) is 77.1 Å². The van der Waals surface area contributed by atoms with E-state index in [-0.39, 0.29) is 0 Å². The van der Waals surface area contributed by atoms with Crippen LogP contribution in [0.5, 0.6) is 0 Å². The van der Waals surface area contributed by atoms with Gasteiger partial charge in [-0.1, -0.05) is 35.3 Å². The first-order chi connectivity index (χ1) is 15.0. The van der Waals surface area contributed by atoms with Crippen LogP contribution in [0.4, 0.5) is 11.8 Å². The van der Waals surface area contributed by atoms with Gasteiger partial charge in [0.25, 0.3) is 0 Å². The van der Waals surface area contributed by atoms with E-state index < -0.39 is 0 Å². The second kappa shape index (κ2) is 10.2. The lowest BCUT2D eigenvalue weighted by molar-refractivity contribution is 0.327. The summed E-state index contributed by atoms with van der Waals surface area (Å²) in [7, 11) is 4.05. The summed E-state index contributed by atoms with van der Waals surface area (Å²) in [5, 5.41) is 10.1. The van der Waals surface area contributed by atoms with E-state index in [1.807, 2.05) is 43.3 Å². The quantitative estimate of drug-likeness (QED) is 0.558. The van der Waals surface area contributed by atoms with Crippen LogP contribution in [0.15, 0.2) is 46.0 Å². The van der Waals surface area contributed by atoms with Gasteiger partial charge in [-0.15, -0.1) is 0 Å². The molecule has 0 saturated heterocycles. The molecule has 166 valence electrons. The van der Waals surface area contributed by atoms with Crippen molar-refractivity contribution in [1.29, 1.82) is 0 Å². The fraction of sp³-hybridized carbons (Fsp3) is 0.500. The molecule has 2 N–H and O–H groups in total. The molecule has 1 heterocycles. The molecule has 1 saturated carbocycles. The van der Waals surface area contributed by atoms with Crippen molar-refractivity contribution in [1.82, 2.24) is 15.3 Å². The molecule has 2 aliphatic carbocycles. The van der Waals surface area contributed by atoms with Crippen molar-refractivity contribution in [3.8, 4) is 0 Å². The number of aromatic nitrogens is 2. The molecule has 1 aromatic carbocycles. The highest BCUT2D eigenvalue weighted by molar-refractivity contribution is 6.32. The van der Waals surface area contributed by atoms with Gasteiger partial charge in [-0.25, -0.2) is 4.98 Å². The molecule has 4 rings (SSSR count). The van der Waals surface area contributed by atoms with Gasteiger partial charge in [-0.2, -0.15) is 4.98 Å². The van der Waals surface area contributed by atoms with Crippen LogP contribution in [0, 0.1) is 5.92 Å². The lowest BCUT2D eigenvalue weighted by atomic mass is 9.86. The molecule has 5 nitrogen and oxygen atoms in total. The van der Waals surface area contributed by atoms with E-state index in [0.29, 0.717) is 12.0 Å². The normalized spacial score (nSPS) is 21.9. The SMILES string of the molecule is CN(C)c1nc(NC2CCC(CNCC3=C(Cl)CCC(Cl)=C3)CC2)nc2ccccc12. The second-order valence-electron chi connectivity index (χ2n) is 8.80. The molecular formula is C24H31Cl2N5. The van der Waals surface area contributed by atoms with E-state index in [4.69, 9.17) is 33.2 Å². The van der Waals surface area contributed by atoms with Crippen LogP contribution in [-0.4, -0.2) is 43.2 Å². The molecule has 31 heavy (non-hydrogen) atoms. The number of nitrogens with zero attached hydrogens (tertiary/aromatic N) is 3. The molecule has 1 aromatic heterocycles. The number of fused-ring (bicyclic) bond motifs is 1. The number of halogens is 2. The lowest BCUT2D eigenvalue weighted by Crippen LogP contribution is -2.32. The van der Waals surface area contributed by atoms with E-state index in [1.165, 1.54) is 12.8 Å². The first-order valence-electron chi connectivity index (χ1n) is 11.1. The highest BCUT2D eigenvalue weighted by Gasteiger charge is 2.22. The third kappa shape index (κ3) is 5.71. The molecule has 0 bridgehead atoms. The van der Waals surface area contributed by atoms with Crippen molar-refractivity contribution in [2.75, 3.05) is 37.4 Å². The standard InChI is InChI=1S/C24H31Cl2N5/c1-31(2)23-20-5-3-4-6-22(20)29-24(30-23)28-19-10-7-16(8-11-19)14-27-15-17-13-18(25)9-12-21(17)26/h3-6,13,16,19,27H,7-12,14-15H2,1-2H3,(H,28,29,30). The minimum atomic E-state index is 0.421. The minimum Gasteiger partial charge on any atom is -0.362 e. The molecule has 0 amide bonds. The Balaban J connectivity index is 1.29. The molecular weight excluding hydrogens is 429 g/mol. The summed E-state index contributed by atoms with van der Waals surface area (Å²) >= 11 is 12.5. The number of benzene rings is 1. The summed E-state index contributed by atoms with van der Waals surface area (Å²) in [6.07, 6.45) is 8.40. The van der Waals surface area contributed by atoms with Gasteiger partial charge in [0.15, 0.2) is 0 Å². The predicted molar refractivity (Wildman–Crippen MR) is 132 cm³/mol. The summed E-state index contributed by atoms with van der Waals surface area (Å²) in [5.74, 6) is 2.37. The number of rotatable bonds is 7. The summed E-state index contributed by atoms with van der Waals surface area (Å²) in [6, 6.07) is 8.60. The summed E-state index contributed by atoms with van der Waals surface area (Å²) in [5.41, 5.74) is 2.12. The van der Waals surface area contributed by atoms with Crippen LogP contribution in [0.25, 0.3) is 10.9 Å². The number of nitrogens with one attached hydrogen (secondary N) is 2. The predicted octanol–water partition coefficient (Wildman–Crippen LogP) is 5.67. The number of hydrogen-bond acceptors (Lipinski definition) is 5. The zero-order valence-corrected chi connectivity index (χ0v) is 19.8. The summed E-state index contributed by atoms with van der Waals surface area (Å²) in [6.45, 7) is 1.81. The van der Waals surface area contributed by atoms with Crippen LogP contribution in [-0.2, 0) is 0 Å². The smallest absolute Gasteiger partial charge is 0.225 e. The van der Waals surface area contributed by atoms with Crippen molar-refractivity contribution in [2.45, 2.75) is 44.6 Å². The zero-order valence-electron chi connectivity index (χ0n) is 18.3. The van der Waals surface area contributed by atoms with Gasteiger partial charge in [0.05, 0.1) is 5.52 Å². The third-order valence-electron chi connectivity index (χ3n) is 6.20. The Labute approximate surface area is 194 Å². The molecule has 2 aliphatic rings. The molecule has 7 heteroatoms. The van der Waals surface area contributed by atoms with Crippen molar-refractivity contribution in [2.24, 2.45) is 5.92 Å². The monoisotopic (exact) mass is 459 g/mol. The van der Waals surface area contributed by atoms with E-state index in [2.05, 4.69) is 16.7 Å². The number of anilines is 2. The highest BCUT2D eigenvalue weighted by atomic mass is 35.5. The molecule has 0 atom stereocenters. The Bertz CT molecular complexity index is 977. The topological polar surface area (TPSA) is 53.1 Å². The summed E-state index contributed by atoms with van der Waals surface area (Å²) < 4.78 is 0. The van der Waals surface area contributed by atoms with Gasteiger partial charge in [0, 0.05) is 42.1 Å². The van der Waals surface area contributed by atoms with Crippen molar-refractivity contribution < 1.29 is 0 Å². The van der Waals surface area contributed by atoms with Crippen molar-refractivity contribution in [3.63, 3.8) is 0 Å². The van der Waals surface area contributed by atoms with Crippen LogP contribution in [0.2, 0.25) is 0 Å². The molecule has 2 aromatic rings. The largest absolute Gasteiger partial charge is 0.362 e. The Kier molecular flexibility index (Phi) is 7.36. The van der Waals surface area contributed by atoms with Gasteiger partial charge < -0.3 is 15.5 Å². The van der Waals surface area contributed by atoms with E-state index in [1.54, 1.807) is 0 Å². The maximum Gasteiger partial charge on any atom is 0.225 e. The fourth-order valence-corrected chi connectivity index (χ4v) is 4.89. The van der Waals surface area contributed by atoms with Gasteiger partial charge in [-0.05, 0) is 74.8 Å². The van der Waals surface area contributed by atoms with Crippen LogP contribution < -0.4 is 15.5 Å². The number of allylic oxidation sites excluding steroid dienone is 2. The Hall–Kier alpha value is -1.82. The van der Waals surface area contributed by atoms with Crippen molar-refractivity contribution in [3.05, 3.63) is 46.0 Å². The number of para-hydroxylation sites is 1. The highest BCUT2D eigenvalue weighted by Crippen LogP contribution is 2.30. The average molecular weight is 460 g/mol. The van der Waals surface area contributed by atoms with Gasteiger partial charge in [0.1, 0.15) is 5.82 Å². The van der Waals surface area contributed by atoms with Crippen LogP contribution in [0.3, 0.4) is 0 Å². The number of hydrogen-bond donors (Lipinski definition) is 2. The van der Waals surface area contributed by atoms with Gasteiger partial charge in [0.2, 0.25) is 5.95 Å². The summed E-state index contributed by atoms with van der Waals surface area (Å²) in [4.78, 5) is 11.6. The van der Waals surface area contributed by atoms with Gasteiger partial charge >= 0.3 is 0 Å². The van der Waals surface area contributed by atoms with Crippen LogP contribution in [0.1, 0.15) is 38.5 Å². The first-order valence-corrected chi connectivity index (χ1v) is 11.9. The molecule has 1 fully saturated rings. The maximum absolute atomic E-state index is 6.35. The third-order valence-corrected chi connectivity index (χ3v) is 6.93. The average Bonchev–Trinajstić information content (AvgIpc) is 2.76. The maximum atomic E-state index is 6.35. The van der Waals surface area contributed by atoms with Crippen LogP contribution >= 0.6 is 23.2 Å². The molecule has 0 unspecified atom stereocenters. The minimum absolute atomic E-state index is 0.421. The molecule has 0 radical (unpaired) electrons.